The smallest absolute Gasteiger partial charge is 0.267 e. The molecule has 0 aliphatic heterocycles. The van der Waals surface area contributed by atoms with E-state index in [1.54, 1.807) is 30.3 Å². The molecule has 0 saturated carbocycles. The van der Waals surface area contributed by atoms with Crippen molar-refractivity contribution in [3.63, 3.8) is 0 Å². The van der Waals surface area contributed by atoms with E-state index in [0.717, 1.165) is 0 Å². The Morgan fingerprint density at radius 1 is 1.14 bits per heavy atom. The number of hydrogen-bond donors (Lipinski definition) is 2. The van der Waals surface area contributed by atoms with Gasteiger partial charge in [-0.15, -0.1) is 0 Å². The Hall–Kier alpha value is -3.96. The average Bonchev–Trinajstić information content (AvgIpc) is 2.73. The van der Waals surface area contributed by atoms with Gasteiger partial charge in [0.2, 0.25) is 5.95 Å². The van der Waals surface area contributed by atoms with Crippen molar-refractivity contribution in [1.29, 1.82) is 5.26 Å². The Balaban J connectivity index is 1.87. The minimum Gasteiger partial charge on any atom is -0.368 e. The molecular weight excluding hydrogens is 390 g/mol. The fraction of sp³-hybridized carbons (Fsp3) is 0.0500. The van der Waals surface area contributed by atoms with Gasteiger partial charge in [-0.25, -0.2) is 9.97 Å². The Morgan fingerprint density at radius 2 is 1.93 bits per heavy atom. The molecule has 0 fully saturated rings. The molecule has 0 spiro atoms. The van der Waals surface area contributed by atoms with E-state index >= 15 is 0 Å². The summed E-state index contributed by atoms with van der Waals surface area (Å²) >= 11 is 6.27. The van der Waals surface area contributed by atoms with Gasteiger partial charge in [-0.1, -0.05) is 35.9 Å². The van der Waals surface area contributed by atoms with E-state index in [-0.39, 0.29) is 29.4 Å². The van der Waals surface area contributed by atoms with E-state index in [4.69, 9.17) is 17.3 Å². The van der Waals surface area contributed by atoms with Crippen LogP contribution in [0.4, 0.5) is 11.8 Å². The number of nitrogens with one attached hydrogen (secondary N) is 1. The van der Waals surface area contributed by atoms with Gasteiger partial charge in [-0.05, 0) is 24.3 Å². The van der Waals surface area contributed by atoms with Crippen LogP contribution in [0.2, 0.25) is 5.02 Å². The SMILES string of the molecule is N#Cc1cnc(N)nc1NCc1nc2cccc(Cl)c2c(=O)n1-c1ccccc1. The van der Waals surface area contributed by atoms with Gasteiger partial charge in [0.15, 0.2) is 0 Å². The van der Waals surface area contributed by atoms with Crippen molar-refractivity contribution in [2.75, 3.05) is 11.1 Å². The first-order valence-corrected chi connectivity index (χ1v) is 8.98. The van der Waals surface area contributed by atoms with E-state index in [0.29, 0.717) is 27.4 Å². The van der Waals surface area contributed by atoms with Crippen LogP contribution >= 0.6 is 11.6 Å². The lowest BCUT2D eigenvalue weighted by Gasteiger charge is -2.15. The lowest BCUT2D eigenvalue weighted by Crippen LogP contribution is -2.25. The summed E-state index contributed by atoms with van der Waals surface area (Å²) in [4.78, 5) is 25.8. The maximum Gasteiger partial charge on any atom is 0.267 e. The van der Waals surface area contributed by atoms with E-state index in [9.17, 15) is 10.1 Å². The number of nitrogen functional groups attached to an aromatic ring is 1. The van der Waals surface area contributed by atoms with Gasteiger partial charge in [0, 0.05) is 0 Å². The van der Waals surface area contributed by atoms with Crippen molar-refractivity contribution in [2.24, 2.45) is 0 Å². The van der Waals surface area contributed by atoms with Crippen LogP contribution < -0.4 is 16.6 Å². The molecular formula is C20H14ClN7O. The molecule has 0 saturated heterocycles. The standard InChI is InChI=1S/C20H14ClN7O/c21-14-7-4-8-15-17(14)19(29)28(13-5-2-1-3-6-13)16(26-15)11-24-18-12(9-22)10-25-20(23)27-18/h1-8,10H,11H2,(H3,23,24,25,27). The van der Waals surface area contributed by atoms with Crippen LogP contribution in [0.15, 0.2) is 59.5 Å². The monoisotopic (exact) mass is 403 g/mol. The van der Waals surface area contributed by atoms with Crippen LogP contribution in [-0.4, -0.2) is 19.5 Å². The number of halogens is 1. The summed E-state index contributed by atoms with van der Waals surface area (Å²) in [6, 6.07) is 16.2. The molecule has 3 N–H and O–H groups in total. The molecule has 0 amide bonds. The Morgan fingerprint density at radius 3 is 2.69 bits per heavy atom. The topological polar surface area (TPSA) is 123 Å². The van der Waals surface area contributed by atoms with E-state index in [1.165, 1.54) is 10.8 Å². The maximum absolute atomic E-state index is 13.3. The largest absolute Gasteiger partial charge is 0.368 e. The number of anilines is 2. The highest BCUT2D eigenvalue weighted by Crippen LogP contribution is 2.21. The molecule has 2 aromatic carbocycles. The first kappa shape index (κ1) is 18.4. The Bertz CT molecular complexity index is 1310. The van der Waals surface area contributed by atoms with Gasteiger partial charge in [0.25, 0.3) is 5.56 Å². The van der Waals surface area contributed by atoms with Crippen molar-refractivity contribution in [3.05, 3.63) is 81.5 Å². The van der Waals surface area contributed by atoms with Crippen LogP contribution in [0.3, 0.4) is 0 Å². The molecule has 4 rings (SSSR count). The van der Waals surface area contributed by atoms with Crippen LogP contribution in [0.5, 0.6) is 0 Å². The van der Waals surface area contributed by atoms with Crippen molar-refractivity contribution >= 4 is 34.3 Å². The highest BCUT2D eigenvalue weighted by Gasteiger charge is 2.15. The average molecular weight is 404 g/mol. The molecule has 2 aromatic heterocycles. The van der Waals surface area contributed by atoms with Crippen molar-refractivity contribution in [3.8, 4) is 11.8 Å². The zero-order chi connectivity index (χ0) is 20.4. The number of para-hydroxylation sites is 1. The molecule has 0 radical (unpaired) electrons. The first-order chi connectivity index (χ1) is 14.1. The number of hydrogen-bond acceptors (Lipinski definition) is 7. The summed E-state index contributed by atoms with van der Waals surface area (Å²) < 4.78 is 1.48. The summed E-state index contributed by atoms with van der Waals surface area (Å²) in [5, 5.41) is 13.0. The van der Waals surface area contributed by atoms with Crippen molar-refractivity contribution in [1.82, 2.24) is 19.5 Å². The summed E-state index contributed by atoms with van der Waals surface area (Å²) in [7, 11) is 0. The third-order valence-electron chi connectivity index (χ3n) is 4.27. The van der Waals surface area contributed by atoms with Crippen LogP contribution in [0.1, 0.15) is 11.4 Å². The third-order valence-corrected chi connectivity index (χ3v) is 4.59. The van der Waals surface area contributed by atoms with E-state index in [2.05, 4.69) is 20.3 Å². The summed E-state index contributed by atoms with van der Waals surface area (Å²) in [5.74, 6) is 0.724. The van der Waals surface area contributed by atoms with Crippen molar-refractivity contribution in [2.45, 2.75) is 6.54 Å². The molecule has 9 heteroatoms. The predicted octanol–water partition coefficient (Wildman–Crippen LogP) is 2.90. The molecule has 0 aliphatic carbocycles. The maximum atomic E-state index is 13.3. The Kier molecular flexibility index (Phi) is 4.81. The lowest BCUT2D eigenvalue weighted by atomic mass is 10.2. The highest BCUT2D eigenvalue weighted by atomic mass is 35.5. The second-order valence-corrected chi connectivity index (χ2v) is 6.50. The third kappa shape index (κ3) is 3.47. The first-order valence-electron chi connectivity index (χ1n) is 8.60. The molecule has 4 aromatic rings. The Labute approximate surface area is 170 Å². The molecule has 8 nitrogen and oxygen atoms in total. The quantitative estimate of drug-likeness (QED) is 0.537. The highest BCUT2D eigenvalue weighted by molar-refractivity contribution is 6.35. The fourth-order valence-corrected chi connectivity index (χ4v) is 3.22. The van der Waals surface area contributed by atoms with Gasteiger partial charge < -0.3 is 11.1 Å². The van der Waals surface area contributed by atoms with Crippen molar-refractivity contribution < 1.29 is 0 Å². The number of nitriles is 1. The van der Waals surface area contributed by atoms with E-state index in [1.807, 2.05) is 24.3 Å². The number of fused-ring (bicyclic) bond motifs is 1. The van der Waals surface area contributed by atoms with Crippen LogP contribution in [0.25, 0.3) is 16.6 Å². The molecule has 29 heavy (non-hydrogen) atoms. The molecule has 0 aliphatic rings. The molecule has 0 atom stereocenters. The van der Waals surface area contributed by atoms with Gasteiger partial charge in [0.1, 0.15) is 23.3 Å². The second-order valence-electron chi connectivity index (χ2n) is 6.09. The van der Waals surface area contributed by atoms with E-state index < -0.39 is 0 Å². The van der Waals surface area contributed by atoms with Crippen LogP contribution in [-0.2, 0) is 6.54 Å². The number of nitrogens with two attached hydrogens (primary N) is 1. The lowest BCUT2D eigenvalue weighted by molar-refractivity contribution is 0.836. The van der Waals surface area contributed by atoms with Gasteiger partial charge in [-0.2, -0.15) is 10.2 Å². The fourth-order valence-electron chi connectivity index (χ4n) is 2.97. The number of benzene rings is 2. The second kappa shape index (κ2) is 7.58. The minimum atomic E-state index is -0.286. The number of nitrogens with zero attached hydrogens (tertiary/aromatic N) is 5. The normalized spacial score (nSPS) is 10.6. The van der Waals surface area contributed by atoms with Gasteiger partial charge in [0.05, 0.1) is 34.4 Å². The molecule has 2 heterocycles. The molecule has 0 bridgehead atoms. The minimum absolute atomic E-state index is 0.0326. The summed E-state index contributed by atoms with van der Waals surface area (Å²) in [6.07, 6.45) is 1.34. The summed E-state index contributed by atoms with van der Waals surface area (Å²) in [6.45, 7) is 0.123. The number of rotatable bonds is 4. The van der Waals surface area contributed by atoms with Gasteiger partial charge in [-0.3, -0.25) is 9.36 Å². The number of aromatic nitrogens is 4. The predicted molar refractivity (Wildman–Crippen MR) is 111 cm³/mol. The zero-order valence-corrected chi connectivity index (χ0v) is 15.8. The molecule has 0 unspecified atom stereocenters. The molecule has 142 valence electrons. The van der Waals surface area contributed by atoms with Gasteiger partial charge >= 0.3 is 0 Å². The van der Waals surface area contributed by atoms with Crippen LogP contribution in [0, 0.1) is 11.3 Å². The zero-order valence-electron chi connectivity index (χ0n) is 15.0. The summed E-state index contributed by atoms with van der Waals surface area (Å²) in [5.41, 5.74) is 6.70.